The summed E-state index contributed by atoms with van der Waals surface area (Å²) in [5, 5.41) is 11.1. The molecule has 1 aromatic rings. The quantitative estimate of drug-likeness (QED) is 0.150. The van der Waals surface area contributed by atoms with Gasteiger partial charge in [-0.2, -0.15) is 0 Å². The van der Waals surface area contributed by atoms with Gasteiger partial charge in [-0.3, -0.25) is 0 Å². The average molecular weight is 463 g/mol. The van der Waals surface area contributed by atoms with Crippen LogP contribution in [-0.4, -0.2) is 14.8 Å². The van der Waals surface area contributed by atoms with E-state index < -0.39 is 0 Å². The van der Waals surface area contributed by atoms with Crippen LogP contribution in [0.5, 0.6) is 5.75 Å². The molecule has 0 atom stereocenters. The molecule has 1 rings (SSSR count). The van der Waals surface area contributed by atoms with Crippen molar-refractivity contribution in [3.05, 3.63) is 28.8 Å². The van der Waals surface area contributed by atoms with Crippen LogP contribution < -0.4 is 0 Å². The maximum Gasteiger partial charge on any atom is 0.132 e. The van der Waals surface area contributed by atoms with Gasteiger partial charge in [0.2, 0.25) is 0 Å². The lowest BCUT2D eigenvalue weighted by molar-refractivity contribution is 0.471. The number of phenolic OH excluding ortho intramolecular Hbond substituents is 1. The van der Waals surface area contributed by atoms with Crippen LogP contribution in [0.1, 0.15) is 141 Å². The second-order valence-electron chi connectivity index (χ2n) is 10.1. The number of unbranched alkanes of at least 4 members (excludes halogenated alkanes) is 10. The Morgan fingerprint density at radius 1 is 0.677 bits per heavy atom. The van der Waals surface area contributed by atoms with E-state index in [9.17, 15) is 5.11 Å². The van der Waals surface area contributed by atoms with Gasteiger partial charge in [0.1, 0.15) is 5.75 Å². The lowest BCUT2D eigenvalue weighted by atomic mass is 9.83. The van der Waals surface area contributed by atoms with Crippen LogP contribution in [0, 0.1) is 0 Å². The standard InChI is InChI=1S/C28H46OS2/c1-6-8-10-12-14-16-18-25(30)23-20-22(28(3,4)5)21-24(27(23)29)26(31)19-17-15-13-11-9-7-2/h20-21,29H,6-19H2,1-5H3. The van der Waals surface area contributed by atoms with Gasteiger partial charge in [-0.1, -0.05) is 123 Å². The third-order valence-electron chi connectivity index (χ3n) is 6.09. The molecule has 0 aliphatic rings. The number of aromatic hydroxyl groups is 1. The van der Waals surface area contributed by atoms with Gasteiger partial charge in [0.05, 0.1) is 0 Å². The minimum atomic E-state index is -0.0112. The van der Waals surface area contributed by atoms with E-state index in [1.54, 1.807) is 0 Å². The third-order valence-corrected chi connectivity index (χ3v) is 6.94. The molecule has 0 fully saturated rings. The van der Waals surface area contributed by atoms with Gasteiger partial charge in [-0.25, -0.2) is 0 Å². The number of hydrogen-bond acceptors (Lipinski definition) is 3. The maximum absolute atomic E-state index is 11.1. The fraction of sp³-hybridized carbons (Fsp3) is 0.714. The maximum atomic E-state index is 11.1. The predicted octanol–water partition coefficient (Wildman–Crippen LogP) is 9.63. The number of thiocarbonyl (C=S) groups is 2. The van der Waals surface area contributed by atoms with Crippen LogP contribution in [0.2, 0.25) is 0 Å². The third kappa shape index (κ3) is 10.6. The van der Waals surface area contributed by atoms with Crippen LogP contribution in [0.25, 0.3) is 0 Å². The molecule has 0 amide bonds. The van der Waals surface area contributed by atoms with Gasteiger partial charge in [0.15, 0.2) is 0 Å². The summed E-state index contributed by atoms with van der Waals surface area (Å²) in [4.78, 5) is 1.76. The number of hydrogen-bond donors (Lipinski definition) is 1. The van der Waals surface area contributed by atoms with E-state index in [1.165, 1.54) is 69.8 Å². The van der Waals surface area contributed by atoms with Gasteiger partial charge >= 0.3 is 0 Å². The highest BCUT2D eigenvalue weighted by Crippen LogP contribution is 2.34. The van der Waals surface area contributed by atoms with Crippen LogP contribution in [0.3, 0.4) is 0 Å². The highest BCUT2D eigenvalue weighted by molar-refractivity contribution is 7.81. The van der Waals surface area contributed by atoms with Crippen molar-refractivity contribution in [2.45, 2.75) is 130 Å². The SMILES string of the molecule is CCCCCCCCC(=S)c1cc(C(C)(C)C)cc(C(=S)CCCCCCCC)c1O. The van der Waals surface area contributed by atoms with Crippen LogP contribution in [-0.2, 0) is 5.41 Å². The molecule has 0 radical (unpaired) electrons. The molecule has 1 aromatic carbocycles. The molecule has 0 saturated carbocycles. The minimum Gasteiger partial charge on any atom is -0.507 e. The van der Waals surface area contributed by atoms with Crippen molar-refractivity contribution in [2.24, 2.45) is 0 Å². The monoisotopic (exact) mass is 462 g/mol. The van der Waals surface area contributed by atoms with E-state index >= 15 is 0 Å². The molecule has 1 nitrogen and oxygen atoms in total. The van der Waals surface area contributed by atoms with E-state index in [1.807, 2.05) is 0 Å². The first-order valence-electron chi connectivity index (χ1n) is 12.7. The summed E-state index contributed by atoms with van der Waals surface area (Å²) >= 11 is 11.6. The highest BCUT2D eigenvalue weighted by Gasteiger charge is 2.22. The Kier molecular flexibility index (Phi) is 13.8. The lowest BCUT2D eigenvalue weighted by Gasteiger charge is -2.23. The second kappa shape index (κ2) is 15.1. The van der Waals surface area contributed by atoms with Crippen molar-refractivity contribution >= 4 is 34.2 Å². The molecule has 176 valence electrons. The molecule has 0 spiro atoms. The zero-order valence-electron chi connectivity index (χ0n) is 20.8. The molecule has 0 aliphatic heterocycles. The molecule has 0 bridgehead atoms. The summed E-state index contributed by atoms with van der Waals surface area (Å²) in [5.41, 5.74) is 2.85. The Labute approximate surface area is 203 Å². The molecule has 31 heavy (non-hydrogen) atoms. The summed E-state index contributed by atoms with van der Waals surface area (Å²) in [6.45, 7) is 11.1. The van der Waals surface area contributed by atoms with Crippen LogP contribution in [0.15, 0.2) is 12.1 Å². The summed E-state index contributed by atoms with van der Waals surface area (Å²) in [6, 6.07) is 4.21. The second-order valence-corrected chi connectivity index (χ2v) is 11.0. The highest BCUT2D eigenvalue weighted by atomic mass is 32.1. The Hall–Kier alpha value is -0.800. The van der Waals surface area contributed by atoms with E-state index in [2.05, 4.69) is 46.8 Å². The van der Waals surface area contributed by atoms with Crippen molar-refractivity contribution in [2.75, 3.05) is 0 Å². The van der Waals surface area contributed by atoms with E-state index in [4.69, 9.17) is 24.4 Å². The topological polar surface area (TPSA) is 20.2 Å². The molecular weight excluding hydrogens is 416 g/mol. The largest absolute Gasteiger partial charge is 0.507 e. The van der Waals surface area contributed by atoms with Gasteiger partial charge in [-0.05, 0) is 48.8 Å². The van der Waals surface area contributed by atoms with Crippen LogP contribution >= 0.6 is 24.4 Å². The lowest BCUT2D eigenvalue weighted by Crippen LogP contribution is -2.15. The minimum absolute atomic E-state index is 0.0112. The van der Waals surface area contributed by atoms with Crippen molar-refractivity contribution in [1.29, 1.82) is 0 Å². The first-order chi connectivity index (χ1) is 14.7. The van der Waals surface area contributed by atoms with E-state index in [0.29, 0.717) is 5.75 Å². The fourth-order valence-electron chi connectivity index (χ4n) is 3.89. The Bertz CT molecular complexity index is 636. The summed E-state index contributed by atoms with van der Waals surface area (Å²) < 4.78 is 0. The van der Waals surface area contributed by atoms with Crippen molar-refractivity contribution in [3.63, 3.8) is 0 Å². The first-order valence-corrected chi connectivity index (χ1v) is 13.5. The Morgan fingerprint density at radius 2 is 1.03 bits per heavy atom. The fourth-order valence-corrected chi connectivity index (χ4v) is 4.49. The number of rotatable bonds is 16. The number of benzene rings is 1. The van der Waals surface area contributed by atoms with Gasteiger partial charge in [0, 0.05) is 20.9 Å². The normalized spacial score (nSPS) is 11.6. The smallest absolute Gasteiger partial charge is 0.132 e. The first kappa shape index (κ1) is 28.2. The molecule has 0 saturated heterocycles. The van der Waals surface area contributed by atoms with Crippen molar-refractivity contribution < 1.29 is 5.11 Å². The number of phenols is 1. The van der Waals surface area contributed by atoms with Crippen molar-refractivity contribution in [3.8, 4) is 5.75 Å². The molecule has 1 N–H and O–H groups in total. The average Bonchev–Trinajstić information content (AvgIpc) is 2.72. The predicted molar refractivity (Wildman–Crippen MR) is 146 cm³/mol. The van der Waals surface area contributed by atoms with Gasteiger partial charge in [-0.15, -0.1) is 0 Å². The van der Waals surface area contributed by atoms with Crippen LogP contribution in [0.4, 0.5) is 0 Å². The zero-order chi connectivity index (χ0) is 23.3. The van der Waals surface area contributed by atoms with E-state index in [0.717, 1.165) is 46.5 Å². The Balaban J connectivity index is 2.86. The Morgan fingerprint density at radius 3 is 1.39 bits per heavy atom. The van der Waals surface area contributed by atoms with Gasteiger partial charge in [0.25, 0.3) is 0 Å². The van der Waals surface area contributed by atoms with Crippen molar-refractivity contribution in [1.82, 2.24) is 0 Å². The molecule has 0 heterocycles. The van der Waals surface area contributed by atoms with Gasteiger partial charge < -0.3 is 5.11 Å². The molecular formula is C28H46OS2. The summed E-state index contributed by atoms with van der Waals surface area (Å²) in [6.07, 6.45) is 16.7. The summed E-state index contributed by atoms with van der Waals surface area (Å²) in [7, 11) is 0. The summed E-state index contributed by atoms with van der Waals surface area (Å²) in [5.74, 6) is 0.306. The zero-order valence-corrected chi connectivity index (χ0v) is 22.5. The molecule has 0 unspecified atom stereocenters. The van der Waals surface area contributed by atoms with E-state index in [-0.39, 0.29) is 5.41 Å². The molecule has 3 heteroatoms. The molecule has 0 aromatic heterocycles. The molecule has 0 aliphatic carbocycles.